The Morgan fingerprint density at radius 3 is 2.32 bits per heavy atom. The number of aliphatic imine (C=N–C) groups is 3. The minimum Gasteiger partial charge on any atom is -0.387 e. The normalized spacial score (nSPS) is 32.1. The minimum atomic E-state index is -5.70. The van der Waals surface area contributed by atoms with Gasteiger partial charge in [-0.25, -0.2) is 23.7 Å². The number of ether oxygens (including phenoxy) is 1. The monoisotopic (exact) mass is 504 g/mol. The van der Waals surface area contributed by atoms with Gasteiger partial charge in [-0.3, -0.25) is 14.9 Å². The lowest BCUT2D eigenvalue weighted by molar-refractivity contribution is -0.0128. The Hall–Kier alpha value is -1.29. The molecule has 1 saturated heterocycles. The standard InChI is InChI=1S/C11H15N4O13P3/c12-11-7-6(14-3-15-11)4(1-13-7)10-9(17)8(16)5(26-10)2-25-30(21,22)28-31(23,24)27-29(18,19)20/h1,3,5,8-10,12,16-17H,2H2,(H,21,22)(H,23,24)(H2,18,19,20)/t5-,8-,9-,10+/m1/s1. The molecule has 0 bridgehead atoms. The molecule has 31 heavy (non-hydrogen) atoms. The molecule has 0 spiro atoms. The maximum absolute atomic E-state index is 11.8. The highest BCUT2D eigenvalue weighted by Gasteiger charge is 2.48. The fourth-order valence-electron chi connectivity index (χ4n) is 2.73. The molecule has 20 heteroatoms. The molecule has 0 radical (unpaired) electrons. The molecule has 1 fully saturated rings. The molecule has 3 aliphatic heterocycles. The summed E-state index contributed by atoms with van der Waals surface area (Å²) >= 11 is 0. The zero-order valence-electron chi connectivity index (χ0n) is 14.9. The Kier molecular flexibility index (Phi) is 6.73. The number of hydrogen-bond donors (Lipinski definition) is 7. The van der Waals surface area contributed by atoms with Gasteiger partial charge in [-0.15, -0.1) is 0 Å². The van der Waals surface area contributed by atoms with E-state index in [1.807, 2.05) is 0 Å². The molecule has 6 atom stereocenters. The van der Waals surface area contributed by atoms with E-state index in [4.69, 9.17) is 24.8 Å². The molecule has 7 N–H and O–H groups in total. The maximum Gasteiger partial charge on any atom is 0.490 e. The summed E-state index contributed by atoms with van der Waals surface area (Å²) in [5.41, 5.74) is 0.475. The van der Waals surface area contributed by atoms with Gasteiger partial charge in [0.1, 0.15) is 42.2 Å². The first-order valence-corrected chi connectivity index (χ1v) is 12.5. The zero-order chi connectivity index (χ0) is 23.2. The number of fused-ring (bicyclic) bond motifs is 1. The SMILES string of the molecule is N=C1N=CN=C2C([C@@H]3O[C@H](COP(=O)(O)OP(=O)(O)OP(=O)(O)O)[C@@H](O)[C@H]3O)=CN=C12. The fraction of sp³-hybridized carbons (Fsp3) is 0.455. The number of nitrogens with one attached hydrogen (secondary N) is 1. The molecule has 3 heterocycles. The van der Waals surface area contributed by atoms with E-state index in [0.717, 1.165) is 6.34 Å². The van der Waals surface area contributed by atoms with Crippen molar-refractivity contribution in [2.24, 2.45) is 15.0 Å². The summed E-state index contributed by atoms with van der Waals surface area (Å²) in [6, 6.07) is 0. The number of rotatable bonds is 8. The summed E-state index contributed by atoms with van der Waals surface area (Å²) in [7, 11) is -16.7. The van der Waals surface area contributed by atoms with Gasteiger partial charge >= 0.3 is 23.5 Å². The Bertz CT molecular complexity index is 1050. The number of aliphatic hydroxyl groups excluding tert-OH is 2. The molecule has 172 valence electrons. The lowest BCUT2D eigenvalue weighted by Gasteiger charge is -2.19. The first-order valence-electron chi connectivity index (χ1n) is 7.97. The van der Waals surface area contributed by atoms with Crippen LogP contribution in [0, 0.1) is 5.41 Å². The molecule has 2 unspecified atom stereocenters. The van der Waals surface area contributed by atoms with Gasteiger partial charge < -0.3 is 34.5 Å². The topological polar surface area (TPSA) is 270 Å². The summed E-state index contributed by atoms with van der Waals surface area (Å²) in [5.74, 6) is -0.187. The predicted octanol–water partition coefficient (Wildman–Crippen LogP) is -1.38. The van der Waals surface area contributed by atoms with Gasteiger partial charge in [-0.1, -0.05) is 0 Å². The van der Waals surface area contributed by atoms with Crippen molar-refractivity contribution in [3.63, 3.8) is 0 Å². The van der Waals surface area contributed by atoms with E-state index in [1.165, 1.54) is 6.20 Å². The van der Waals surface area contributed by atoms with Crippen LogP contribution in [0.5, 0.6) is 0 Å². The molecular weight excluding hydrogens is 489 g/mol. The number of amidine groups is 1. The van der Waals surface area contributed by atoms with Crippen molar-refractivity contribution in [3.05, 3.63) is 11.8 Å². The molecule has 0 aromatic heterocycles. The van der Waals surface area contributed by atoms with Crippen LogP contribution in [0.25, 0.3) is 0 Å². The molecule has 3 rings (SSSR count). The molecule has 0 amide bonds. The lowest BCUT2D eigenvalue weighted by Crippen LogP contribution is -2.37. The van der Waals surface area contributed by atoms with Crippen LogP contribution in [0.4, 0.5) is 0 Å². The van der Waals surface area contributed by atoms with Crippen LogP contribution in [-0.2, 0) is 31.6 Å². The van der Waals surface area contributed by atoms with E-state index in [9.17, 15) is 28.8 Å². The van der Waals surface area contributed by atoms with Crippen molar-refractivity contribution in [1.82, 2.24) is 0 Å². The Morgan fingerprint density at radius 2 is 1.68 bits per heavy atom. The van der Waals surface area contributed by atoms with E-state index in [-0.39, 0.29) is 22.8 Å². The first kappa shape index (κ1) is 24.4. The van der Waals surface area contributed by atoms with Crippen molar-refractivity contribution in [2.75, 3.05) is 6.61 Å². The highest BCUT2D eigenvalue weighted by molar-refractivity contribution is 7.66. The second-order valence-corrected chi connectivity index (χ2v) is 10.5. The molecule has 17 nitrogen and oxygen atoms in total. The number of aliphatic hydroxyl groups is 2. The van der Waals surface area contributed by atoms with Crippen molar-refractivity contribution in [1.29, 1.82) is 5.41 Å². The number of hydrogen-bond acceptors (Lipinski definition) is 12. The van der Waals surface area contributed by atoms with E-state index in [1.54, 1.807) is 0 Å². The van der Waals surface area contributed by atoms with Crippen molar-refractivity contribution >= 4 is 47.1 Å². The molecule has 0 aromatic carbocycles. The maximum atomic E-state index is 11.8. The number of phosphoric ester groups is 1. The summed E-state index contributed by atoms with van der Waals surface area (Å²) in [5, 5.41) is 28.1. The van der Waals surface area contributed by atoms with Gasteiger partial charge in [-0.05, 0) is 0 Å². The zero-order valence-corrected chi connectivity index (χ0v) is 17.6. The quantitative estimate of drug-likeness (QED) is 0.188. The van der Waals surface area contributed by atoms with Crippen molar-refractivity contribution in [2.45, 2.75) is 24.4 Å². The van der Waals surface area contributed by atoms with Crippen LogP contribution in [-0.4, -0.2) is 84.4 Å². The molecule has 0 aliphatic carbocycles. The molecule has 3 aliphatic rings. The first-order chi connectivity index (χ1) is 14.2. The van der Waals surface area contributed by atoms with Crippen molar-refractivity contribution in [3.8, 4) is 0 Å². The highest BCUT2D eigenvalue weighted by atomic mass is 31.3. The fourth-order valence-corrected chi connectivity index (χ4v) is 5.76. The van der Waals surface area contributed by atoms with Crippen LogP contribution in [0.2, 0.25) is 0 Å². The van der Waals surface area contributed by atoms with Crippen LogP contribution in [0.15, 0.2) is 26.8 Å². The third-order valence-electron chi connectivity index (χ3n) is 3.92. The number of nitrogens with zero attached hydrogens (tertiary/aromatic N) is 3. The summed E-state index contributed by atoms with van der Waals surface area (Å²) in [6.07, 6.45) is -3.61. The second-order valence-electron chi connectivity index (χ2n) is 6.10. The van der Waals surface area contributed by atoms with Gasteiger partial charge in [-0.2, -0.15) is 8.62 Å². The van der Waals surface area contributed by atoms with E-state index >= 15 is 0 Å². The largest absolute Gasteiger partial charge is 0.490 e. The van der Waals surface area contributed by atoms with E-state index in [2.05, 4.69) is 28.1 Å². The summed E-state index contributed by atoms with van der Waals surface area (Å²) in [6.45, 7) is -0.955. The van der Waals surface area contributed by atoms with Gasteiger partial charge in [0.15, 0.2) is 5.84 Å². The summed E-state index contributed by atoms with van der Waals surface area (Å²) in [4.78, 5) is 47.1. The predicted molar refractivity (Wildman–Crippen MR) is 99.7 cm³/mol. The van der Waals surface area contributed by atoms with Gasteiger partial charge in [0.05, 0.1) is 6.61 Å². The highest BCUT2D eigenvalue weighted by Crippen LogP contribution is 2.66. The van der Waals surface area contributed by atoms with Gasteiger partial charge in [0, 0.05) is 11.8 Å². The van der Waals surface area contributed by atoms with Crippen LogP contribution >= 0.6 is 23.5 Å². The van der Waals surface area contributed by atoms with Crippen molar-refractivity contribution < 1.29 is 61.4 Å². The van der Waals surface area contributed by atoms with Crippen LogP contribution in [0.1, 0.15) is 0 Å². The lowest BCUT2D eigenvalue weighted by atomic mass is 9.97. The van der Waals surface area contributed by atoms with Crippen LogP contribution in [0.3, 0.4) is 0 Å². The average molecular weight is 504 g/mol. The molecule has 0 aromatic rings. The summed E-state index contributed by atoms with van der Waals surface area (Å²) < 4.78 is 50.7. The molecule has 0 saturated carbocycles. The third kappa shape index (κ3) is 5.74. The Morgan fingerprint density at radius 1 is 1.00 bits per heavy atom. The minimum absolute atomic E-state index is 0.111. The van der Waals surface area contributed by atoms with Gasteiger partial charge in [0.25, 0.3) is 0 Å². The Balaban J connectivity index is 1.64. The second kappa shape index (κ2) is 8.57. The van der Waals surface area contributed by atoms with Gasteiger partial charge in [0.2, 0.25) is 0 Å². The van der Waals surface area contributed by atoms with E-state index < -0.39 is 54.5 Å². The average Bonchev–Trinajstić information content (AvgIpc) is 3.13. The van der Waals surface area contributed by atoms with Crippen LogP contribution < -0.4 is 0 Å². The number of phosphoric acid groups is 3. The molecular formula is C11H15N4O13P3. The van der Waals surface area contributed by atoms with E-state index in [0.29, 0.717) is 0 Å². The Labute approximate surface area is 172 Å². The third-order valence-corrected chi connectivity index (χ3v) is 7.72. The smallest absolute Gasteiger partial charge is 0.387 e.